The molecule has 1 amide bonds. The molecule has 1 fully saturated rings. The number of likely N-dealkylation sites (tertiary alicyclic amines) is 1. The lowest BCUT2D eigenvalue weighted by Crippen LogP contribution is -2.41. The molecular weight excluding hydrogens is 358 g/mol. The van der Waals surface area contributed by atoms with Gasteiger partial charge in [0.2, 0.25) is 0 Å². The van der Waals surface area contributed by atoms with Gasteiger partial charge < -0.3 is 10.0 Å². The van der Waals surface area contributed by atoms with Gasteiger partial charge in [-0.25, -0.2) is 4.68 Å². The van der Waals surface area contributed by atoms with Crippen LogP contribution in [0.5, 0.6) is 0 Å². The van der Waals surface area contributed by atoms with Crippen molar-refractivity contribution in [3.63, 3.8) is 0 Å². The number of fused-ring (bicyclic) bond motifs is 1. The summed E-state index contributed by atoms with van der Waals surface area (Å²) in [4.78, 5) is 39.5. The summed E-state index contributed by atoms with van der Waals surface area (Å²) in [6, 6.07) is 6.96. The van der Waals surface area contributed by atoms with Crippen molar-refractivity contribution in [2.24, 2.45) is 17.3 Å². The molecule has 1 aliphatic rings. The molecule has 2 heterocycles. The largest absolute Gasteiger partial charge is 0.481 e. The molecule has 0 saturated carbocycles. The quantitative estimate of drug-likeness (QED) is 0.854. The van der Waals surface area contributed by atoms with E-state index in [1.165, 1.54) is 4.68 Å². The number of carboxylic acid groups (broad SMARTS) is 1. The fourth-order valence-corrected chi connectivity index (χ4v) is 3.91. The molecule has 1 aliphatic heterocycles. The Labute approximate surface area is 164 Å². The highest BCUT2D eigenvalue weighted by molar-refractivity contribution is 6.05. The molecule has 1 aromatic carbocycles. The summed E-state index contributed by atoms with van der Waals surface area (Å²) in [5.41, 5.74) is -0.956. The van der Waals surface area contributed by atoms with E-state index < -0.39 is 11.4 Å². The van der Waals surface area contributed by atoms with Gasteiger partial charge >= 0.3 is 5.97 Å². The highest BCUT2D eigenvalue weighted by Crippen LogP contribution is 2.38. The Bertz CT molecular complexity index is 979. The Morgan fingerprint density at radius 3 is 2.36 bits per heavy atom. The van der Waals surface area contributed by atoms with Crippen molar-refractivity contribution < 1.29 is 14.7 Å². The summed E-state index contributed by atoms with van der Waals surface area (Å²) in [7, 11) is 0. The Kier molecular flexibility index (Phi) is 5.28. The molecule has 150 valence electrons. The number of benzene rings is 1. The molecule has 1 unspecified atom stereocenters. The number of carbonyl (C=O) groups excluding carboxylic acids is 1. The summed E-state index contributed by atoms with van der Waals surface area (Å²) < 4.78 is 1.35. The lowest BCUT2D eigenvalue weighted by Gasteiger charge is -2.28. The van der Waals surface area contributed by atoms with E-state index in [2.05, 4.69) is 5.10 Å². The third-order valence-corrected chi connectivity index (χ3v) is 5.73. The Hall–Kier alpha value is -2.70. The molecule has 0 bridgehead atoms. The summed E-state index contributed by atoms with van der Waals surface area (Å²) in [6.07, 6.45) is 0.412. The first-order valence-corrected chi connectivity index (χ1v) is 9.70. The average Bonchev–Trinajstić information content (AvgIpc) is 3.10. The van der Waals surface area contributed by atoms with Crippen molar-refractivity contribution in [3.8, 4) is 0 Å². The topological polar surface area (TPSA) is 92.5 Å². The van der Waals surface area contributed by atoms with Gasteiger partial charge in [-0.3, -0.25) is 14.4 Å². The number of aliphatic carboxylic acids is 1. The molecular formula is C21H27N3O4. The maximum atomic E-state index is 13.3. The number of amides is 1. The van der Waals surface area contributed by atoms with Gasteiger partial charge in [-0.15, -0.1) is 0 Å². The molecule has 3 rings (SSSR count). The normalized spacial score (nSPS) is 19.7. The number of rotatable bonds is 5. The number of aromatic nitrogens is 2. The van der Waals surface area contributed by atoms with Crippen LogP contribution in [0.4, 0.5) is 0 Å². The van der Waals surface area contributed by atoms with E-state index >= 15 is 0 Å². The molecule has 1 aromatic heterocycles. The first-order chi connectivity index (χ1) is 13.2. The number of nitrogens with zero attached hydrogens (tertiary/aromatic N) is 3. The monoisotopic (exact) mass is 385 g/mol. The Morgan fingerprint density at radius 2 is 1.82 bits per heavy atom. The zero-order valence-electron chi connectivity index (χ0n) is 16.8. The minimum absolute atomic E-state index is 0.0950. The zero-order chi connectivity index (χ0) is 20.6. The van der Waals surface area contributed by atoms with Gasteiger partial charge in [-0.2, -0.15) is 5.10 Å². The average molecular weight is 385 g/mol. The molecule has 1 atom stereocenters. The Balaban J connectivity index is 2.06. The molecule has 0 spiro atoms. The van der Waals surface area contributed by atoms with Crippen LogP contribution in [0.15, 0.2) is 29.1 Å². The van der Waals surface area contributed by atoms with Crippen LogP contribution in [-0.4, -0.2) is 44.8 Å². The number of hydrogen-bond acceptors (Lipinski definition) is 4. The van der Waals surface area contributed by atoms with E-state index in [0.717, 1.165) is 0 Å². The summed E-state index contributed by atoms with van der Waals surface area (Å²) in [6.45, 7) is 8.64. The predicted molar refractivity (Wildman–Crippen MR) is 106 cm³/mol. The first-order valence-electron chi connectivity index (χ1n) is 9.70. The van der Waals surface area contributed by atoms with Gasteiger partial charge in [0.15, 0.2) is 5.69 Å². The van der Waals surface area contributed by atoms with Crippen LogP contribution in [0.1, 0.15) is 44.6 Å². The number of carboxylic acids is 1. The third-order valence-electron chi connectivity index (χ3n) is 5.73. The predicted octanol–water partition coefficient (Wildman–Crippen LogP) is 2.63. The molecule has 7 nitrogen and oxygen atoms in total. The number of carbonyl (C=O) groups is 2. The lowest BCUT2D eigenvalue weighted by molar-refractivity contribution is -0.150. The van der Waals surface area contributed by atoms with E-state index in [0.29, 0.717) is 30.3 Å². The molecule has 0 radical (unpaired) electrons. The smallest absolute Gasteiger partial charge is 0.311 e. The maximum Gasteiger partial charge on any atom is 0.311 e. The molecule has 2 aromatic rings. The fourth-order valence-electron chi connectivity index (χ4n) is 3.91. The molecule has 28 heavy (non-hydrogen) atoms. The lowest BCUT2D eigenvalue weighted by atomic mass is 9.76. The van der Waals surface area contributed by atoms with Crippen LogP contribution < -0.4 is 5.56 Å². The summed E-state index contributed by atoms with van der Waals surface area (Å²) in [5.74, 6) is -1.10. The highest BCUT2D eigenvalue weighted by Gasteiger charge is 2.48. The van der Waals surface area contributed by atoms with Crippen molar-refractivity contribution in [2.75, 3.05) is 13.1 Å². The second kappa shape index (κ2) is 7.37. The van der Waals surface area contributed by atoms with Crippen molar-refractivity contribution in [3.05, 3.63) is 40.3 Å². The van der Waals surface area contributed by atoms with E-state index in [1.54, 1.807) is 29.2 Å². The third kappa shape index (κ3) is 3.30. The van der Waals surface area contributed by atoms with Crippen LogP contribution in [0.25, 0.3) is 10.8 Å². The second-order valence-electron chi connectivity index (χ2n) is 8.37. The van der Waals surface area contributed by atoms with Gasteiger partial charge in [-0.1, -0.05) is 45.9 Å². The molecule has 1 N–H and O–H groups in total. The van der Waals surface area contributed by atoms with Crippen molar-refractivity contribution >= 4 is 22.6 Å². The SMILES string of the molecule is CC(C)Cn1nc(C(=O)N2CCC(C(=O)O)(C(C)C)C2)c2ccccc2c1=O. The zero-order valence-corrected chi connectivity index (χ0v) is 16.8. The number of hydrogen-bond donors (Lipinski definition) is 1. The molecule has 0 aliphatic carbocycles. The van der Waals surface area contributed by atoms with Crippen LogP contribution >= 0.6 is 0 Å². The van der Waals surface area contributed by atoms with E-state index in [-0.39, 0.29) is 35.5 Å². The maximum absolute atomic E-state index is 13.3. The Morgan fingerprint density at radius 1 is 1.18 bits per heavy atom. The van der Waals surface area contributed by atoms with E-state index in [4.69, 9.17) is 0 Å². The highest BCUT2D eigenvalue weighted by atomic mass is 16.4. The van der Waals surface area contributed by atoms with E-state index in [9.17, 15) is 19.5 Å². The van der Waals surface area contributed by atoms with Crippen LogP contribution in [-0.2, 0) is 11.3 Å². The first kappa shape index (κ1) is 20.0. The van der Waals surface area contributed by atoms with Crippen molar-refractivity contribution in [1.82, 2.24) is 14.7 Å². The van der Waals surface area contributed by atoms with Gasteiger partial charge in [0.25, 0.3) is 11.5 Å². The fraction of sp³-hybridized carbons (Fsp3) is 0.524. The summed E-state index contributed by atoms with van der Waals surface area (Å²) in [5, 5.41) is 15.1. The van der Waals surface area contributed by atoms with Gasteiger partial charge in [0.05, 0.1) is 10.8 Å². The van der Waals surface area contributed by atoms with Crippen molar-refractivity contribution in [1.29, 1.82) is 0 Å². The van der Waals surface area contributed by atoms with Crippen LogP contribution in [0.2, 0.25) is 0 Å². The second-order valence-corrected chi connectivity index (χ2v) is 8.37. The molecule has 1 saturated heterocycles. The standard InChI is InChI=1S/C21H27N3O4/c1-13(2)11-24-18(25)16-8-6-5-7-15(16)17(22-24)19(26)23-10-9-21(12-23,14(3)4)20(27)28/h5-8,13-14H,9-12H2,1-4H3,(H,27,28). The minimum atomic E-state index is -0.947. The summed E-state index contributed by atoms with van der Waals surface area (Å²) >= 11 is 0. The van der Waals surface area contributed by atoms with Gasteiger partial charge in [0.1, 0.15) is 0 Å². The van der Waals surface area contributed by atoms with Gasteiger partial charge in [0, 0.05) is 25.0 Å². The van der Waals surface area contributed by atoms with Crippen molar-refractivity contribution in [2.45, 2.75) is 40.7 Å². The van der Waals surface area contributed by atoms with Gasteiger partial charge in [-0.05, 0) is 24.3 Å². The minimum Gasteiger partial charge on any atom is -0.481 e. The van der Waals surface area contributed by atoms with Crippen LogP contribution in [0.3, 0.4) is 0 Å². The van der Waals surface area contributed by atoms with Crippen LogP contribution in [0, 0.1) is 17.3 Å². The molecule has 7 heteroatoms. The van der Waals surface area contributed by atoms with E-state index in [1.807, 2.05) is 27.7 Å².